The number of alkyl halides is 2. The number of benzene rings is 1. The van der Waals surface area contributed by atoms with Gasteiger partial charge in [-0.15, -0.1) is 0 Å². The molecule has 1 aromatic rings. The Bertz CT molecular complexity index is 374. The van der Waals surface area contributed by atoms with Crippen molar-refractivity contribution >= 4 is 0 Å². The third kappa shape index (κ3) is 4.54. The second-order valence-electron chi connectivity index (χ2n) is 3.75. The summed E-state index contributed by atoms with van der Waals surface area (Å²) in [6.45, 7) is -0.530. The highest BCUT2D eigenvalue weighted by Crippen LogP contribution is 2.26. The Morgan fingerprint density at radius 1 is 1.33 bits per heavy atom. The molecule has 18 heavy (non-hydrogen) atoms. The van der Waals surface area contributed by atoms with Gasteiger partial charge in [-0.3, -0.25) is 0 Å². The zero-order valence-electron chi connectivity index (χ0n) is 10.0. The summed E-state index contributed by atoms with van der Waals surface area (Å²) in [7, 11) is 1.46. The molecule has 102 valence electrons. The van der Waals surface area contributed by atoms with E-state index in [2.05, 4.69) is 0 Å². The van der Waals surface area contributed by atoms with E-state index in [0.717, 1.165) is 0 Å². The monoisotopic (exact) mass is 263 g/mol. The van der Waals surface area contributed by atoms with E-state index in [-0.39, 0.29) is 6.61 Å². The Morgan fingerprint density at radius 3 is 2.67 bits per heavy atom. The Morgan fingerprint density at radius 2 is 2.06 bits per heavy atom. The molecule has 0 aliphatic rings. The molecule has 0 amide bonds. The van der Waals surface area contributed by atoms with Crippen LogP contribution >= 0.6 is 0 Å². The summed E-state index contributed by atoms with van der Waals surface area (Å²) < 4.78 is 46.5. The molecule has 2 N–H and O–H groups in total. The van der Waals surface area contributed by atoms with Crippen LogP contribution in [0.4, 0.5) is 13.2 Å². The van der Waals surface area contributed by atoms with Crippen molar-refractivity contribution in [3.63, 3.8) is 0 Å². The minimum atomic E-state index is -2.50. The van der Waals surface area contributed by atoms with Crippen molar-refractivity contribution in [2.75, 3.05) is 20.3 Å². The van der Waals surface area contributed by atoms with Crippen molar-refractivity contribution < 1.29 is 22.6 Å². The number of methoxy groups -OCH3 is 1. The van der Waals surface area contributed by atoms with E-state index < -0.39 is 24.9 Å². The smallest absolute Gasteiger partial charge is 0.261 e. The topological polar surface area (TPSA) is 44.5 Å². The minimum absolute atomic E-state index is 0.0885. The maximum Gasteiger partial charge on any atom is 0.261 e. The van der Waals surface area contributed by atoms with Gasteiger partial charge < -0.3 is 15.2 Å². The maximum absolute atomic E-state index is 13.1. The van der Waals surface area contributed by atoms with Gasteiger partial charge in [0.25, 0.3) is 6.43 Å². The zero-order chi connectivity index (χ0) is 13.5. The second-order valence-corrected chi connectivity index (χ2v) is 3.75. The van der Waals surface area contributed by atoms with Crippen molar-refractivity contribution in [2.45, 2.75) is 18.9 Å². The lowest BCUT2D eigenvalue weighted by Gasteiger charge is -2.15. The van der Waals surface area contributed by atoms with Crippen LogP contribution in [0.5, 0.6) is 5.75 Å². The van der Waals surface area contributed by atoms with Crippen LogP contribution in [0, 0.1) is 5.82 Å². The van der Waals surface area contributed by atoms with Crippen LogP contribution in [0.2, 0.25) is 0 Å². The Kier molecular flexibility index (Phi) is 5.94. The molecule has 1 unspecified atom stereocenters. The van der Waals surface area contributed by atoms with Gasteiger partial charge in [-0.25, -0.2) is 13.2 Å². The first-order chi connectivity index (χ1) is 8.54. The molecule has 6 heteroatoms. The largest absolute Gasteiger partial charge is 0.496 e. The lowest BCUT2D eigenvalue weighted by Crippen LogP contribution is -2.16. The van der Waals surface area contributed by atoms with Gasteiger partial charge in [0.2, 0.25) is 0 Å². The average Bonchev–Trinajstić information content (AvgIpc) is 2.34. The van der Waals surface area contributed by atoms with Crippen molar-refractivity contribution in [1.82, 2.24) is 0 Å². The summed E-state index contributed by atoms with van der Waals surface area (Å²) in [5.74, 6) is 0.0486. The Balaban J connectivity index is 2.55. The van der Waals surface area contributed by atoms with Gasteiger partial charge in [-0.1, -0.05) is 0 Å². The number of hydrogen-bond acceptors (Lipinski definition) is 3. The number of halogens is 3. The second kappa shape index (κ2) is 7.23. The van der Waals surface area contributed by atoms with Crippen molar-refractivity contribution in [2.24, 2.45) is 5.73 Å². The van der Waals surface area contributed by atoms with Crippen molar-refractivity contribution in [3.05, 3.63) is 29.6 Å². The molecule has 1 atom stereocenters. The van der Waals surface area contributed by atoms with Crippen LogP contribution in [-0.4, -0.2) is 26.7 Å². The van der Waals surface area contributed by atoms with E-state index in [4.69, 9.17) is 15.2 Å². The lowest BCUT2D eigenvalue weighted by molar-refractivity contribution is 0.0152. The molecule has 0 aromatic heterocycles. The predicted molar refractivity (Wildman–Crippen MR) is 61.3 cm³/mol. The average molecular weight is 263 g/mol. The van der Waals surface area contributed by atoms with Crippen LogP contribution in [0.3, 0.4) is 0 Å². The Hall–Kier alpha value is -1.27. The van der Waals surface area contributed by atoms with Crippen LogP contribution in [0.1, 0.15) is 18.0 Å². The van der Waals surface area contributed by atoms with E-state index in [1.54, 1.807) is 0 Å². The standard InChI is InChI=1S/C12H16F3NO2/c1-17-11-3-2-8(13)6-9(11)10(16)4-5-18-7-12(14)15/h2-3,6,10,12H,4-5,7,16H2,1H3. The highest BCUT2D eigenvalue weighted by atomic mass is 19.3. The molecular formula is C12H16F3NO2. The Labute approximate surface area is 104 Å². The number of hydrogen-bond donors (Lipinski definition) is 1. The van der Waals surface area contributed by atoms with Crippen molar-refractivity contribution in [3.8, 4) is 5.75 Å². The third-order valence-corrected chi connectivity index (χ3v) is 2.41. The van der Waals surface area contributed by atoms with E-state index in [1.807, 2.05) is 0 Å². The van der Waals surface area contributed by atoms with Crippen LogP contribution < -0.4 is 10.5 Å². The molecule has 0 saturated carbocycles. The van der Waals surface area contributed by atoms with Gasteiger partial charge in [0, 0.05) is 18.2 Å². The summed E-state index contributed by atoms with van der Waals surface area (Å²) in [6, 6.07) is 3.50. The van der Waals surface area contributed by atoms with E-state index >= 15 is 0 Å². The highest BCUT2D eigenvalue weighted by molar-refractivity contribution is 5.36. The van der Waals surface area contributed by atoms with Gasteiger partial charge in [-0.05, 0) is 24.6 Å². The molecule has 1 rings (SSSR count). The molecular weight excluding hydrogens is 247 g/mol. The predicted octanol–water partition coefficient (Wildman–Crippen LogP) is 2.51. The number of ether oxygens (including phenoxy) is 2. The molecule has 1 aromatic carbocycles. The van der Waals surface area contributed by atoms with E-state index in [9.17, 15) is 13.2 Å². The minimum Gasteiger partial charge on any atom is -0.496 e. The molecule has 0 aliphatic heterocycles. The molecule has 0 aliphatic carbocycles. The van der Waals surface area contributed by atoms with Crippen LogP contribution in [-0.2, 0) is 4.74 Å². The summed E-state index contributed by atoms with van der Waals surface area (Å²) in [5.41, 5.74) is 6.34. The van der Waals surface area contributed by atoms with Crippen LogP contribution in [0.25, 0.3) is 0 Å². The fourth-order valence-electron chi connectivity index (χ4n) is 1.53. The molecule has 3 nitrogen and oxygen atoms in total. The SMILES string of the molecule is COc1ccc(F)cc1C(N)CCOCC(F)F. The fourth-order valence-corrected chi connectivity index (χ4v) is 1.53. The van der Waals surface area contributed by atoms with Gasteiger partial charge in [0.05, 0.1) is 7.11 Å². The first kappa shape index (κ1) is 14.8. The fraction of sp³-hybridized carbons (Fsp3) is 0.500. The molecule has 0 fully saturated rings. The van der Waals surface area contributed by atoms with Gasteiger partial charge in [0.1, 0.15) is 18.2 Å². The quantitative estimate of drug-likeness (QED) is 0.769. The summed E-state index contributed by atoms with van der Waals surface area (Å²) in [5, 5.41) is 0. The first-order valence-electron chi connectivity index (χ1n) is 5.49. The van der Waals surface area contributed by atoms with Crippen molar-refractivity contribution in [1.29, 1.82) is 0 Å². The highest BCUT2D eigenvalue weighted by Gasteiger charge is 2.13. The maximum atomic E-state index is 13.1. The molecule has 0 bridgehead atoms. The van der Waals surface area contributed by atoms with E-state index in [0.29, 0.717) is 17.7 Å². The zero-order valence-corrected chi connectivity index (χ0v) is 10.0. The summed E-state index contributed by atoms with van der Waals surface area (Å²) >= 11 is 0. The number of nitrogens with two attached hydrogens (primary N) is 1. The normalized spacial score (nSPS) is 12.8. The van der Waals surface area contributed by atoms with Crippen LogP contribution in [0.15, 0.2) is 18.2 Å². The summed E-state index contributed by atoms with van der Waals surface area (Å²) in [6.07, 6.45) is -2.18. The van der Waals surface area contributed by atoms with Gasteiger partial charge in [0.15, 0.2) is 0 Å². The number of rotatable bonds is 7. The summed E-state index contributed by atoms with van der Waals surface area (Å²) in [4.78, 5) is 0. The van der Waals surface area contributed by atoms with Gasteiger partial charge in [-0.2, -0.15) is 0 Å². The lowest BCUT2D eigenvalue weighted by atomic mass is 10.0. The third-order valence-electron chi connectivity index (χ3n) is 2.41. The molecule has 0 heterocycles. The molecule has 0 spiro atoms. The molecule has 0 saturated heterocycles. The molecule has 0 radical (unpaired) electrons. The van der Waals surface area contributed by atoms with Gasteiger partial charge >= 0.3 is 0 Å². The van der Waals surface area contributed by atoms with E-state index in [1.165, 1.54) is 25.3 Å². The first-order valence-corrected chi connectivity index (χ1v) is 5.49.